The lowest BCUT2D eigenvalue weighted by Crippen LogP contribution is -2.48. The number of hydrogen-bond donors (Lipinski definition) is 0. The van der Waals surface area contributed by atoms with Gasteiger partial charge < -0.3 is 14.4 Å². The van der Waals surface area contributed by atoms with Gasteiger partial charge >= 0.3 is 0 Å². The van der Waals surface area contributed by atoms with Crippen LogP contribution in [0, 0.1) is 5.92 Å². The molecule has 1 heterocycles. The van der Waals surface area contributed by atoms with Crippen molar-refractivity contribution in [2.24, 2.45) is 13.0 Å². The molecule has 162 valence electrons. The van der Waals surface area contributed by atoms with E-state index in [2.05, 4.69) is 13.8 Å². The summed E-state index contributed by atoms with van der Waals surface area (Å²) >= 11 is 0. The predicted molar refractivity (Wildman–Crippen MR) is 120 cm³/mol. The molecule has 5 nitrogen and oxygen atoms in total. The number of carbonyl (C=O) groups is 2. The standard InChI is InChI=1S/C25H35N3O2/c1-4-20(2)28(25(30)22-13-8-9-14-22)19-24(29)27(17-21-11-6-5-7-12-21)18-23-15-10-16-26(23)3/h5-7,10-12,15-16,20,22H,4,8-9,13-14,17-19H2,1-3H3/t20-/m0/s1. The van der Waals surface area contributed by atoms with Crippen molar-refractivity contribution < 1.29 is 9.59 Å². The van der Waals surface area contributed by atoms with Crippen LogP contribution in [0.3, 0.4) is 0 Å². The molecule has 0 spiro atoms. The molecule has 0 saturated heterocycles. The van der Waals surface area contributed by atoms with E-state index >= 15 is 0 Å². The van der Waals surface area contributed by atoms with Gasteiger partial charge in [0, 0.05) is 37.4 Å². The quantitative estimate of drug-likeness (QED) is 0.617. The molecule has 1 aliphatic rings. The summed E-state index contributed by atoms with van der Waals surface area (Å²) in [5.41, 5.74) is 2.17. The van der Waals surface area contributed by atoms with E-state index in [1.54, 1.807) is 0 Å². The van der Waals surface area contributed by atoms with Crippen LogP contribution in [0.4, 0.5) is 0 Å². The van der Waals surface area contributed by atoms with Gasteiger partial charge in [0.05, 0.1) is 6.54 Å². The van der Waals surface area contributed by atoms with Gasteiger partial charge in [-0.15, -0.1) is 0 Å². The monoisotopic (exact) mass is 409 g/mol. The van der Waals surface area contributed by atoms with Crippen LogP contribution in [-0.2, 0) is 29.7 Å². The fourth-order valence-corrected chi connectivity index (χ4v) is 4.22. The third-order valence-electron chi connectivity index (χ3n) is 6.39. The molecular weight excluding hydrogens is 374 g/mol. The van der Waals surface area contributed by atoms with E-state index in [9.17, 15) is 9.59 Å². The Morgan fingerprint density at radius 3 is 2.37 bits per heavy atom. The van der Waals surface area contributed by atoms with Crippen molar-refractivity contribution in [1.29, 1.82) is 0 Å². The number of amides is 2. The molecule has 0 radical (unpaired) electrons. The smallest absolute Gasteiger partial charge is 0.242 e. The second-order valence-electron chi connectivity index (χ2n) is 8.55. The molecule has 30 heavy (non-hydrogen) atoms. The van der Waals surface area contributed by atoms with Crippen LogP contribution in [0.5, 0.6) is 0 Å². The summed E-state index contributed by atoms with van der Waals surface area (Å²) in [4.78, 5) is 30.4. The van der Waals surface area contributed by atoms with Gasteiger partial charge in [0.15, 0.2) is 0 Å². The first kappa shape index (κ1) is 22.1. The van der Waals surface area contributed by atoms with E-state index in [0.29, 0.717) is 13.1 Å². The number of aryl methyl sites for hydroxylation is 1. The van der Waals surface area contributed by atoms with Crippen LogP contribution in [0.15, 0.2) is 48.7 Å². The molecule has 0 N–H and O–H groups in total. The Morgan fingerprint density at radius 2 is 1.77 bits per heavy atom. The Balaban J connectivity index is 1.78. The maximum absolute atomic E-state index is 13.5. The van der Waals surface area contributed by atoms with E-state index in [4.69, 9.17) is 0 Å². The summed E-state index contributed by atoms with van der Waals surface area (Å²) < 4.78 is 2.04. The summed E-state index contributed by atoms with van der Waals surface area (Å²) in [6, 6.07) is 14.2. The Bertz CT molecular complexity index is 824. The van der Waals surface area contributed by atoms with Gasteiger partial charge in [0.25, 0.3) is 0 Å². The Kier molecular flexibility index (Phi) is 7.72. The Labute approximate surface area is 180 Å². The number of nitrogens with zero attached hydrogens (tertiary/aromatic N) is 3. The summed E-state index contributed by atoms with van der Waals surface area (Å²) in [6.45, 7) is 5.36. The molecule has 2 amide bonds. The first-order chi connectivity index (χ1) is 14.5. The second-order valence-corrected chi connectivity index (χ2v) is 8.55. The van der Waals surface area contributed by atoms with Gasteiger partial charge in [0.1, 0.15) is 6.54 Å². The molecule has 1 saturated carbocycles. The van der Waals surface area contributed by atoms with Crippen molar-refractivity contribution in [1.82, 2.24) is 14.4 Å². The molecule has 1 aliphatic carbocycles. The Morgan fingerprint density at radius 1 is 1.07 bits per heavy atom. The third-order valence-corrected chi connectivity index (χ3v) is 6.39. The fraction of sp³-hybridized carbons (Fsp3) is 0.520. The highest BCUT2D eigenvalue weighted by Gasteiger charge is 2.31. The zero-order valence-corrected chi connectivity index (χ0v) is 18.6. The van der Waals surface area contributed by atoms with Crippen molar-refractivity contribution in [3.05, 3.63) is 59.9 Å². The molecule has 1 aromatic heterocycles. The fourth-order valence-electron chi connectivity index (χ4n) is 4.22. The van der Waals surface area contributed by atoms with Gasteiger partial charge in [0.2, 0.25) is 11.8 Å². The minimum Gasteiger partial charge on any atom is -0.353 e. The lowest BCUT2D eigenvalue weighted by atomic mass is 10.0. The number of aromatic nitrogens is 1. The van der Waals surface area contributed by atoms with Crippen LogP contribution >= 0.6 is 0 Å². The molecular formula is C25H35N3O2. The van der Waals surface area contributed by atoms with Crippen LogP contribution in [-0.4, -0.2) is 38.8 Å². The summed E-state index contributed by atoms with van der Waals surface area (Å²) in [7, 11) is 2.00. The molecule has 1 aromatic carbocycles. The van der Waals surface area contributed by atoms with Crippen molar-refractivity contribution in [3.63, 3.8) is 0 Å². The second kappa shape index (κ2) is 10.5. The predicted octanol–water partition coefficient (Wildman–Crippen LogP) is 4.37. The molecule has 0 aliphatic heterocycles. The summed E-state index contributed by atoms with van der Waals surface area (Å²) in [5.74, 6) is 0.252. The topological polar surface area (TPSA) is 45.6 Å². The zero-order chi connectivity index (χ0) is 21.5. The third kappa shape index (κ3) is 5.53. The number of carbonyl (C=O) groups excluding carboxylic acids is 2. The van der Waals surface area contributed by atoms with E-state index in [1.807, 2.05) is 70.1 Å². The average molecular weight is 410 g/mol. The summed E-state index contributed by atoms with van der Waals surface area (Å²) in [6.07, 6.45) is 6.99. The highest BCUT2D eigenvalue weighted by molar-refractivity contribution is 5.86. The van der Waals surface area contributed by atoms with Crippen LogP contribution < -0.4 is 0 Å². The normalized spacial score (nSPS) is 15.2. The van der Waals surface area contributed by atoms with Crippen molar-refractivity contribution >= 4 is 11.8 Å². The van der Waals surface area contributed by atoms with Crippen LogP contribution in [0.1, 0.15) is 57.2 Å². The molecule has 1 fully saturated rings. The molecule has 0 unspecified atom stereocenters. The number of benzene rings is 1. The van der Waals surface area contributed by atoms with Gasteiger partial charge in [-0.2, -0.15) is 0 Å². The van der Waals surface area contributed by atoms with Crippen LogP contribution in [0.25, 0.3) is 0 Å². The van der Waals surface area contributed by atoms with E-state index in [0.717, 1.165) is 43.4 Å². The minimum absolute atomic E-state index is 0.00620. The van der Waals surface area contributed by atoms with Crippen molar-refractivity contribution in [2.75, 3.05) is 6.54 Å². The number of rotatable bonds is 9. The summed E-state index contributed by atoms with van der Waals surface area (Å²) in [5, 5.41) is 0. The van der Waals surface area contributed by atoms with E-state index < -0.39 is 0 Å². The largest absolute Gasteiger partial charge is 0.353 e. The van der Waals surface area contributed by atoms with Gasteiger partial charge in [-0.05, 0) is 43.9 Å². The minimum atomic E-state index is 0.00620. The maximum atomic E-state index is 13.5. The lowest BCUT2D eigenvalue weighted by Gasteiger charge is -2.33. The first-order valence-electron chi connectivity index (χ1n) is 11.2. The highest BCUT2D eigenvalue weighted by Crippen LogP contribution is 2.27. The molecule has 5 heteroatoms. The SMILES string of the molecule is CC[C@H](C)N(CC(=O)N(Cc1ccccc1)Cc1cccn1C)C(=O)C1CCCC1. The van der Waals surface area contributed by atoms with Crippen LogP contribution in [0.2, 0.25) is 0 Å². The van der Waals surface area contributed by atoms with Crippen molar-refractivity contribution in [2.45, 2.75) is 65.1 Å². The van der Waals surface area contributed by atoms with E-state index in [1.165, 1.54) is 0 Å². The lowest BCUT2D eigenvalue weighted by molar-refractivity contribution is -0.145. The average Bonchev–Trinajstić information content (AvgIpc) is 3.43. The Hall–Kier alpha value is -2.56. The maximum Gasteiger partial charge on any atom is 0.242 e. The molecule has 3 rings (SSSR count). The van der Waals surface area contributed by atoms with Gasteiger partial charge in [-0.1, -0.05) is 50.1 Å². The van der Waals surface area contributed by atoms with Gasteiger partial charge in [-0.25, -0.2) is 0 Å². The van der Waals surface area contributed by atoms with E-state index in [-0.39, 0.29) is 30.3 Å². The molecule has 1 atom stereocenters. The van der Waals surface area contributed by atoms with Gasteiger partial charge in [-0.3, -0.25) is 9.59 Å². The zero-order valence-electron chi connectivity index (χ0n) is 18.6. The highest BCUT2D eigenvalue weighted by atomic mass is 16.2. The number of hydrogen-bond acceptors (Lipinski definition) is 2. The molecule has 0 bridgehead atoms. The molecule has 2 aromatic rings. The van der Waals surface area contributed by atoms with Crippen molar-refractivity contribution in [3.8, 4) is 0 Å². The first-order valence-corrected chi connectivity index (χ1v) is 11.2.